The number of benzene rings is 1. The third-order valence-electron chi connectivity index (χ3n) is 4.54. The van der Waals surface area contributed by atoms with E-state index in [9.17, 15) is 0 Å². The molecule has 0 atom stereocenters. The summed E-state index contributed by atoms with van der Waals surface area (Å²) < 4.78 is 7.45. The summed E-state index contributed by atoms with van der Waals surface area (Å²) in [6, 6.07) is 10.2. The number of thioether (sulfide) groups is 2. The lowest BCUT2D eigenvalue weighted by Gasteiger charge is -2.09. The predicted octanol–water partition coefficient (Wildman–Crippen LogP) is 6.25. The lowest BCUT2D eigenvalue weighted by molar-refractivity contribution is 0.534. The van der Waals surface area contributed by atoms with Crippen LogP contribution in [0.25, 0.3) is 22.3 Å². The molecule has 0 saturated heterocycles. The van der Waals surface area contributed by atoms with E-state index < -0.39 is 0 Å². The van der Waals surface area contributed by atoms with Crippen LogP contribution in [0.1, 0.15) is 11.3 Å². The molecule has 0 aliphatic rings. The summed E-state index contributed by atoms with van der Waals surface area (Å²) >= 11 is 9.74. The molecule has 0 saturated carbocycles. The predicted molar refractivity (Wildman–Crippen MR) is 121 cm³/mol. The van der Waals surface area contributed by atoms with E-state index in [1.807, 2.05) is 29.9 Å². The lowest BCUT2D eigenvalue weighted by Crippen LogP contribution is -2.01. The normalized spacial score (nSPS) is 11.3. The fraction of sp³-hybridized carbons (Fsp3) is 0.190. The van der Waals surface area contributed by atoms with Crippen LogP contribution in [-0.4, -0.2) is 26.0 Å². The van der Waals surface area contributed by atoms with Crippen LogP contribution in [0.5, 0.6) is 0 Å². The number of aromatic nitrogens is 4. The van der Waals surface area contributed by atoms with E-state index in [0.717, 1.165) is 38.8 Å². The molecule has 4 aromatic rings. The van der Waals surface area contributed by atoms with E-state index in [1.54, 1.807) is 29.8 Å². The van der Waals surface area contributed by atoms with Crippen LogP contribution in [0, 0.1) is 6.92 Å². The summed E-state index contributed by atoms with van der Waals surface area (Å²) in [7, 11) is 0. The molecule has 3 aromatic heterocycles. The minimum absolute atomic E-state index is 0.518. The maximum Gasteiger partial charge on any atom is 0.192 e. The monoisotopic (exact) mass is 442 g/mol. The molecule has 0 bridgehead atoms. The van der Waals surface area contributed by atoms with Crippen molar-refractivity contribution >= 4 is 46.0 Å². The Hall–Kier alpha value is -2.22. The summed E-state index contributed by atoms with van der Waals surface area (Å²) in [5, 5.41) is 11.1. The van der Waals surface area contributed by atoms with Gasteiger partial charge in [0.05, 0.1) is 17.3 Å². The summed E-state index contributed by atoms with van der Waals surface area (Å²) in [4.78, 5) is 5.75. The van der Waals surface area contributed by atoms with Crippen LogP contribution in [0.4, 0.5) is 0 Å². The quantitative estimate of drug-likeness (QED) is 0.191. The van der Waals surface area contributed by atoms with Gasteiger partial charge in [-0.25, -0.2) is 4.98 Å². The van der Waals surface area contributed by atoms with E-state index in [4.69, 9.17) is 16.0 Å². The van der Waals surface area contributed by atoms with Crippen LogP contribution in [0.2, 0.25) is 5.15 Å². The largest absolute Gasteiger partial charge is 0.469 e. The van der Waals surface area contributed by atoms with Gasteiger partial charge in [0, 0.05) is 28.1 Å². The van der Waals surface area contributed by atoms with Crippen LogP contribution >= 0.6 is 35.1 Å². The van der Waals surface area contributed by atoms with Crippen LogP contribution < -0.4 is 0 Å². The number of allylic oxidation sites excluding steroid dienone is 1. The molecule has 148 valence electrons. The fourth-order valence-corrected chi connectivity index (χ4v) is 4.69. The average molecular weight is 443 g/mol. The van der Waals surface area contributed by atoms with Crippen molar-refractivity contribution in [1.82, 2.24) is 19.7 Å². The Bertz CT molecular complexity index is 1180. The summed E-state index contributed by atoms with van der Waals surface area (Å²) in [6.07, 6.45) is 5.54. The van der Waals surface area contributed by atoms with Crippen LogP contribution in [0.3, 0.4) is 0 Å². The van der Waals surface area contributed by atoms with Crippen molar-refractivity contribution in [3.63, 3.8) is 0 Å². The Labute approximate surface area is 182 Å². The zero-order valence-electron chi connectivity index (χ0n) is 16.1. The van der Waals surface area contributed by atoms with E-state index in [0.29, 0.717) is 17.5 Å². The highest BCUT2D eigenvalue weighted by Gasteiger charge is 2.17. The zero-order chi connectivity index (χ0) is 20.4. The Balaban J connectivity index is 1.62. The van der Waals surface area contributed by atoms with Crippen LogP contribution in [0.15, 0.2) is 63.7 Å². The van der Waals surface area contributed by atoms with Crippen molar-refractivity contribution in [1.29, 1.82) is 0 Å². The standard InChI is InChI=1S/C21H19ClN4OS2/c1-4-8-26-20(17-7-9-27-13(17)2)24-25-21(26)29-12-15-10-14-5-6-16(28-3)11-18(14)23-19(15)22/h4-7,9-11H,1,8,12H2,2-3H3. The summed E-state index contributed by atoms with van der Waals surface area (Å²) in [5.41, 5.74) is 2.81. The van der Waals surface area contributed by atoms with Gasteiger partial charge in [-0.15, -0.1) is 28.5 Å². The first-order valence-corrected chi connectivity index (χ1v) is 11.5. The molecule has 0 aliphatic carbocycles. The number of furan rings is 1. The van der Waals surface area contributed by atoms with Gasteiger partial charge in [0.25, 0.3) is 0 Å². The van der Waals surface area contributed by atoms with E-state index in [-0.39, 0.29) is 0 Å². The highest BCUT2D eigenvalue weighted by atomic mass is 35.5. The number of aryl methyl sites for hydroxylation is 1. The smallest absolute Gasteiger partial charge is 0.192 e. The first-order chi connectivity index (χ1) is 14.1. The van der Waals surface area contributed by atoms with Gasteiger partial charge in [-0.2, -0.15) is 0 Å². The lowest BCUT2D eigenvalue weighted by atomic mass is 10.2. The molecule has 5 nitrogen and oxygen atoms in total. The van der Waals surface area contributed by atoms with Crippen molar-refractivity contribution < 1.29 is 4.42 Å². The molecule has 8 heteroatoms. The van der Waals surface area contributed by atoms with Crippen molar-refractivity contribution in [2.75, 3.05) is 6.26 Å². The number of rotatable bonds is 7. The highest BCUT2D eigenvalue weighted by Crippen LogP contribution is 2.31. The Kier molecular flexibility index (Phi) is 5.99. The van der Waals surface area contributed by atoms with Gasteiger partial charge >= 0.3 is 0 Å². The molecule has 0 aliphatic heterocycles. The van der Waals surface area contributed by atoms with Gasteiger partial charge in [0.1, 0.15) is 10.9 Å². The molecular weight excluding hydrogens is 424 g/mol. The second-order valence-corrected chi connectivity index (χ2v) is 8.56. The Morgan fingerprint density at radius 2 is 2.10 bits per heavy atom. The first-order valence-electron chi connectivity index (χ1n) is 8.95. The van der Waals surface area contributed by atoms with E-state index in [1.165, 1.54) is 4.90 Å². The average Bonchev–Trinajstić information content (AvgIpc) is 3.32. The second-order valence-electron chi connectivity index (χ2n) is 6.38. The molecule has 29 heavy (non-hydrogen) atoms. The van der Waals surface area contributed by atoms with Gasteiger partial charge < -0.3 is 4.42 Å². The van der Waals surface area contributed by atoms with Gasteiger partial charge in [-0.05, 0) is 37.4 Å². The van der Waals surface area contributed by atoms with E-state index >= 15 is 0 Å². The molecular formula is C21H19ClN4OS2. The molecule has 0 fully saturated rings. The number of hydrogen-bond acceptors (Lipinski definition) is 6. The number of pyridine rings is 1. The number of halogens is 1. The SMILES string of the molecule is C=CCn1c(SCc2cc3ccc(SC)cc3nc2Cl)nnc1-c1ccoc1C. The third kappa shape index (κ3) is 4.08. The Morgan fingerprint density at radius 3 is 2.83 bits per heavy atom. The third-order valence-corrected chi connectivity index (χ3v) is 6.60. The number of nitrogens with zero attached hydrogens (tertiary/aromatic N) is 4. The van der Waals surface area contributed by atoms with Gasteiger partial charge in [-0.1, -0.05) is 35.5 Å². The Morgan fingerprint density at radius 1 is 1.24 bits per heavy atom. The number of hydrogen-bond donors (Lipinski definition) is 0. The summed E-state index contributed by atoms with van der Waals surface area (Å²) in [6.45, 7) is 6.38. The van der Waals surface area contributed by atoms with E-state index in [2.05, 4.69) is 46.0 Å². The van der Waals surface area contributed by atoms with Crippen molar-refractivity contribution in [2.24, 2.45) is 0 Å². The summed E-state index contributed by atoms with van der Waals surface area (Å²) in [5.74, 6) is 2.22. The number of fused-ring (bicyclic) bond motifs is 1. The maximum absolute atomic E-state index is 6.47. The van der Waals surface area contributed by atoms with Gasteiger partial charge in [0.2, 0.25) is 0 Å². The maximum atomic E-state index is 6.47. The fourth-order valence-electron chi connectivity index (χ4n) is 3.04. The molecule has 0 unspecified atom stereocenters. The second kappa shape index (κ2) is 8.65. The minimum atomic E-state index is 0.518. The first kappa shape index (κ1) is 20.1. The molecule has 0 N–H and O–H groups in total. The molecule has 0 radical (unpaired) electrons. The molecule has 4 rings (SSSR count). The molecule has 1 aromatic carbocycles. The molecule has 0 amide bonds. The van der Waals surface area contributed by atoms with Crippen molar-refractivity contribution in [3.8, 4) is 11.4 Å². The topological polar surface area (TPSA) is 56.7 Å². The molecule has 3 heterocycles. The van der Waals surface area contributed by atoms with Crippen LogP contribution in [-0.2, 0) is 12.3 Å². The van der Waals surface area contributed by atoms with Gasteiger partial charge in [-0.3, -0.25) is 4.57 Å². The zero-order valence-corrected chi connectivity index (χ0v) is 18.4. The van der Waals surface area contributed by atoms with Crippen molar-refractivity contribution in [2.45, 2.75) is 29.3 Å². The highest BCUT2D eigenvalue weighted by molar-refractivity contribution is 7.98. The minimum Gasteiger partial charge on any atom is -0.469 e. The van der Waals surface area contributed by atoms with Crippen molar-refractivity contribution in [3.05, 3.63) is 65.7 Å². The van der Waals surface area contributed by atoms with Gasteiger partial charge in [0.15, 0.2) is 11.0 Å². The molecule has 0 spiro atoms.